The first-order valence-corrected chi connectivity index (χ1v) is 8.13. The smallest absolute Gasteiger partial charge is 0.133 e. The molecule has 1 aromatic carbocycles. The predicted octanol–water partition coefficient (Wildman–Crippen LogP) is 4.31. The average molecular weight is 342 g/mol. The van der Waals surface area contributed by atoms with E-state index < -0.39 is 0 Å². The van der Waals surface area contributed by atoms with E-state index in [0.29, 0.717) is 6.04 Å². The van der Waals surface area contributed by atoms with Crippen molar-refractivity contribution in [3.63, 3.8) is 0 Å². The topological polar surface area (TPSA) is 30.5 Å². The molecule has 0 aromatic heterocycles. The minimum Gasteiger partial charge on any atom is -0.496 e. The molecule has 1 aromatic rings. The summed E-state index contributed by atoms with van der Waals surface area (Å²) in [6.45, 7) is 3.22. The lowest BCUT2D eigenvalue weighted by molar-refractivity contribution is 0.381. The van der Waals surface area contributed by atoms with Gasteiger partial charge in [0.25, 0.3) is 0 Å². The van der Waals surface area contributed by atoms with Crippen molar-refractivity contribution in [3.05, 3.63) is 22.2 Å². The van der Waals surface area contributed by atoms with Crippen LogP contribution in [0.1, 0.15) is 44.2 Å². The van der Waals surface area contributed by atoms with Crippen LogP contribution in [-0.2, 0) is 0 Å². The minimum atomic E-state index is 0.347. The summed E-state index contributed by atoms with van der Waals surface area (Å²) in [7, 11) is 3.43. The Kier molecular flexibility index (Phi) is 5.73. The van der Waals surface area contributed by atoms with Gasteiger partial charge in [0.1, 0.15) is 11.5 Å². The first kappa shape index (κ1) is 15.6. The zero-order valence-electron chi connectivity index (χ0n) is 12.5. The number of hydrogen-bond acceptors (Lipinski definition) is 3. The third kappa shape index (κ3) is 3.89. The largest absolute Gasteiger partial charge is 0.496 e. The Morgan fingerprint density at radius 2 is 1.95 bits per heavy atom. The molecule has 3 nitrogen and oxygen atoms in total. The maximum absolute atomic E-state index is 5.56. The van der Waals surface area contributed by atoms with Gasteiger partial charge in [-0.1, -0.05) is 19.8 Å². The van der Waals surface area contributed by atoms with Gasteiger partial charge >= 0.3 is 0 Å². The van der Waals surface area contributed by atoms with Gasteiger partial charge in [0.15, 0.2) is 0 Å². The number of halogens is 1. The van der Waals surface area contributed by atoms with Crippen molar-refractivity contribution in [2.24, 2.45) is 5.92 Å². The Hall–Kier alpha value is -0.740. The second kappa shape index (κ2) is 7.32. The van der Waals surface area contributed by atoms with Crippen LogP contribution < -0.4 is 14.8 Å². The van der Waals surface area contributed by atoms with Crippen molar-refractivity contribution < 1.29 is 9.47 Å². The molecule has 20 heavy (non-hydrogen) atoms. The third-order valence-electron chi connectivity index (χ3n) is 3.79. The summed E-state index contributed by atoms with van der Waals surface area (Å²) in [4.78, 5) is 0. The van der Waals surface area contributed by atoms with Crippen LogP contribution in [0.5, 0.6) is 11.5 Å². The van der Waals surface area contributed by atoms with E-state index in [2.05, 4.69) is 34.2 Å². The van der Waals surface area contributed by atoms with E-state index in [-0.39, 0.29) is 0 Å². The van der Waals surface area contributed by atoms with E-state index in [9.17, 15) is 0 Å². The van der Waals surface area contributed by atoms with Crippen LogP contribution in [0.15, 0.2) is 16.6 Å². The first-order chi connectivity index (χ1) is 9.69. The monoisotopic (exact) mass is 341 g/mol. The lowest BCUT2D eigenvalue weighted by atomic mass is 9.99. The van der Waals surface area contributed by atoms with Crippen LogP contribution in [0.4, 0.5) is 0 Å². The Labute approximate surface area is 130 Å². The van der Waals surface area contributed by atoms with Crippen molar-refractivity contribution in [1.29, 1.82) is 0 Å². The Bertz CT molecular complexity index is 446. The molecule has 1 aliphatic rings. The maximum atomic E-state index is 5.56. The molecule has 0 bridgehead atoms. The summed E-state index contributed by atoms with van der Waals surface area (Å²) < 4.78 is 11.9. The number of benzene rings is 1. The van der Waals surface area contributed by atoms with Crippen molar-refractivity contribution in [1.82, 2.24) is 5.32 Å². The van der Waals surface area contributed by atoms with Crippen LogP contribution in [0.3, 0.4) is 0 Å². The van der Waals surface area contributed by atoms with Gasteiger partial charge in [-0.25, -0.2) is 0 Å². The predicted molar refractivity (Wildman–Crippen MR) is 85.6 cm³/mol. The molecular weight excluding hydrogens is 318 g/mol. The number of ether oxygens (including phenoxy) is 2. The van der Waals surface area contributed by atoms with Gasteiger partial charge in [-0.3, -0.25) is 0 Å². The molecule has 0 aliphatic heterocycles. The molecule has 0 heterocycles. The molecule has 0 radical (unpaired) electrons. The van der Waals surface area contributed by atoms with Crippen LogP contribution in [0, 0.1) is 5.92 Å². The van der Waals surface area contributed by atoms with Gasteiger partial charge in [-0.05, 0) is 53.4 Å². The standard InChI is InChI=1S/C16H24BrNO2/c1-4-7-18-14(8-11-5-6-11)12-9-16(20-3)13(17)10-15(12)19-2/h9-11,14,18H,4-8H2,1-3H3. The van der Waals surface area contributed by atoms with E-state index in [1.807, 2.05) is 6.07 Å². The average Bonchev–Trinajstić information content (AvgIpc) is 3.27. The number of rotatable bonds is 8. The van der Waals surface area contributed by atoms with Gasteiger partial charge < -0.3 is 14.8 Å². The molecule has 1 N–H and O–H groups in total. The summed E-state index contributed by atoms with van der Waals surface area (Å²) in [6.07, 6.45) is 5.04. The summed E-state index contributed by atoms with van der Waals surface area (Å²) in [5, 5.41) is 3.65. The summed E-state index contributed by atoms with van der Waals surface area (Å²) in [5.41, 5.74) is 1.20. The fourth-order valence-corrected chi connectivity index (χ4v) is 2.97. The number of nitrogens with one attached hydrogen (secondary N) is 1. The highest BCUT2D eigenvalue weighted by molar-refractivity contribution is 9.10. The van der Waals surface area contributed by atoms with Gasteiger partial charge in [0.05, 0.1) is 18.7 Å². The molecule has 1 fully saturated rings. The van der Waals surface area contributed by atoms with E-state index in [1.54, 1.807) is 14.2 Å². The zero-order chi connectivity index (χ0) is 14.5. The quantitative estimate of drug-likeness (QED) is 0.764. The van der Waals surface area contributed by atoms with Crippen LogP contribution in [0.2, 0.25) is 0 Å². The van der Waals surface area contributed by atoms with E-state index >= 15 is 0 Å². The highest BCUT2D eigenvalue weighted by Crippen LogP contribution is 2.42. The van der Waals surface area contributed by atoms with Crippen molar-refractivity contribution in [2.45, 2.75) is 38.6 Å². The Morgan fingerprint density at radius 3 is 2.50 bits per heavy atom. The molecular formula is C16H24BrNO2. The second-order valence-electron chi connectivity index (χ2n) is 5.41. The molecule has 2 rings (SSSR count). The van der Waals surface area contributed by atoms with Gasteiger partial charge in [-0.15, -0.1) is 0 Å². The normalized spacial score (nSPS) is 16.0. The molecule has 1 unspecified atom stereocenters. The molecule has 4 heteroatoms. The fraction of sp³-hybridized carbons (Fsp3) is 0.625. The van der Waals surface area contributed by atoms with E-state index in [4.69, 9.17) is 9.47 Å². The lowest BCUT2D eigenvalue weighted by Gasteiger charge is -2.22. The van der Waals surface area contributed by atoms with E-state index in [0.717, 1.165) is 34.9 Å². The van der Waals surface area contributed by atoms with E-state index in [1.165, 1.54) is 24.8 Å². The summed E-state index contributed by atoms with van der Waals surface area (Å²) in [5.74, 6) is 2.65. The minimum absolute atomic E-state index is 0.347. The number of hydrogen-bond donors (Lipinski definition) is 1. The van der Waals surface area contributed by atoms with Crippen LogP contribution in [0.25, 0.3) is 0 Å². The number of methoxy groups -OCH3 is 2. The molecule has 0 spiro atoms. The third-order valence-corrected chi connectivity index (χ3v) is 4.41. The lowest BCUT2D eigenvalue weighted by Crippen LogP contribution is -2.23. The van der Waals surface area contributed by atoms with Crippen LogP contribution in [-0.4, -0.2) is 20.8 Å². The van der Waals surface area contributed by atoms with Gasteiger partial charge in [-0.2, -0.15) is 0 Å². The fourth-order valence-electron chi connectivity index (χ4n) is 2.48. The molecule has 1 atom stereocenters. The van der Waals surface area contributed by atoms with Gasteiger partial charge in [0, 0.05) is 11.6 Å². The molecule has 1 saturated carbocycles. The SMILES string of the molecule is CCCNC(CC1CC1)c1cc(OC)c(Br)cc1OC. The highest BCUT2D eigenvalue weighted by Gasteiger charge is 2.28. The maximum Gasteiger partial charge on any atom is 0.133 e. The molecule has 1 aliphatic carbocycles. The van der Waals surface area contributed by atoms with Gasteiger partial charge in [0.2, 0.25) is 0 Å². The molecule has 112 valence electrons. The van der Waals surface area contributed by atoms with Crippen molar-refractivity contribution in [2.75, 3.05) is 20.8 Å². The first-order valence-electron chi connectivity index (χ1n) is 7.34. The second-order valence-corrected chi connectivity index (χ2v) is 6.27. The Morgan fingerprint density at radius 1 is 1.25 bits per heavy atom. The Balaban J connectivity index is 2.28. The molecule has 0 saturated heterocycles. The molecule has 0 amide bonds. The van der Waals surface area contributed by atoms with Crippen LogP contribution >= 0.6 is 15.9 Å². The summed E-state index contributed by atoms with van der Waals surface area (Å²) in [6, 6.07) is 4.44. The highest BCUT2D eigenvalue weighted by atomic mass is 79.9. The zero-order valence-corrected chi connectivity index (χ0v) is 14.1. The summed E-state index contributed by atoms with van der Waals surface area (Å²) >= 11 is 3.52. The van der Waals surface area contributed by atoms with Crippen molar-refractivity contribution in [3.8, 4) is 11.5 Å². The van der Waals surface area contributed by atoms with Crippen molar-refractivity contribution >= 4 is 15.9 Å².